The van der Waals surface area contributed by atoms with Gasteiger partial charge in [0.2, 0.25) is 0 Å². The lowest BCUT2D eigenvalue weighted by atomic mass is 10.00. The fourth-order valence-corrected chi connectivity index (χ4v) is 2.86. The first-order valence-corrected chi connectivity index (χ1v) is 8.47. The van der Waals surface area contributed by atoms with E-state index in [1.807, 2.05) is 43.3 Å². The lowest BCUT2D eigenvalue weighted by Gasteiger charge is -2.14. The molecular weight excluding hydrogens is 332 g/mol. The molecule has 1 atom stereocenters. The lowest BCUT2D eigenvalue weighted by molar-refractivity contribution is -0.150. The van der Waals surface area contributed by atoms with E-state index in [4.69, 9.17) is 13.9 Å². The summed E-state index contributed by atoms with van der Waals surface area (Å²) in [5.74, 6) is -0.00211. The first-order chi connectivity index (χ1) is 12.5. The van der Waals surface area contributed by atoms with Gasteiger partial charge in [-0.3, -0.25) is 0 Å². The Morgan fingerprint density at radius 3 is 2.58 bits per heavy atom. The second kappa shape index (κ2) is 7.44. The third kappa shape index (κ3) is 3.47. The highest BCUT2D eigenvalue weighted by atomic mass is 16.6. The lowest BCUT2D eigenvalue weighted by Crippen LogP contribution is -2.26. The Labute approximate surface area is 151 Å². The van der Waals surface area contributed by atoms with E-state index in [0.29, 0.717) is 23.5 Å². The van der Waals surface area contributed by atoms with E-state index in [0.717, 1.165) is 16.5 Å². The van der Waals surface area contributed by atoms with E-state index in [2.05, 4.69) is 0 Å². The van der Waals surface area contributed by atoms with Gasteiger partial charge in [-0.15, -0.1) is 0 Å². The average molecular weight is 352 g/mol. The van der Waals surface area contributed by atoms with Crippen molar-refractivity contribution >= 4 is 16.9 Å². The van der Waals surface area contributed by atoms with Crippen molar-refractivity contribution in [2.24, 2.45) is 0 Å². The SMILES string of the molecule is CCOC(=O)[C@H](C)Oc1ccc2c(C)c(-c3ccccc3)c(=O)oc2c1. The number of hydrogen-bond donors (Lipinski definition) is 0. The first-order valence-electron chi connectivity index (χ1n) is 8.47. The maximum absolute atomic E-state index is 12.5. The Hall–Kier alpha value is -3.08. The summed E-state index contributed by atoms with van der Waals surface area (Å²) in [4.78, 5) is 24.2. The van der Waals surface area contributed by atoms with Crippen LogP contribution in [-0.2, 0) is 9.53 Å². The minimum absolute atomic E-state index is 0.292. The zero-order chi connectivity index (χ0) is 18.7. The van der Waals surface area contributed by atoms with Crippen molar-refractivity contribution in [1.29, 1.82) is 0 Å². The number of carbonyl (C=O) groups excluding carboxylic acids is 1. The Morgan fingerprint density at radius 2 is 1.88 bits per heavy atom. The maximum Gasteiger partial charge on any atom is 0.347 e. The van der Waals surface area contributed by atoms with E-state index in [1.165, 1.54) is 0 Å². The molecule has 0 amide bonds. The van der Waals surface area contributed by atoms with E-state index in [9.17, 15) is 9.59 Å². The molecule has 0 spiro atoms. The molecule has 0 aliphatic carbocycles. The van der Waals surface area contributed by atoms with Gasteiger partial charge in [0.1, 0.15) is 11.3 Å². The van der Waals surface area contributed by atoms with Gasteiger partial charge in [-0.1, -0.05) is 30.3 Å². The van der Waals surface area contributed by atoms with Gasteiger partial charge in [-0.05, 0) is 44.0 Å². The van der Waals surface area contributed by atoms with Crippen LogP contribution in [0.4, 0.5) is 0 Å². The van der Waals surface area contributed by atoms with E-state index in [-0.39, 0.29) is 0 Å². The van der Waals surface area contributed by atoms with E-state index in [1.54, 1.807) is 26.0 Å². The summed E-state index contributed by atoms with van der Waals surface area (Å²) in [6.45, 7) is 5.54. The molecule has 3 aromatic rings. The van der Waals surface area contributed by atoms with Crippen LogP contribution in [-0.4, -0.2) is 18.7 Å². The van der Waals surface area contributed by atoms with Gasteiger partial charge >= 0.3 is 11.6 Å². The molecule has 5 heteroatoms. The predicted molar refractivity (Wildman–Crippen MR) is 99.4 cm³/mol. The Balaban J connectivity index is 2.00. The second-order valence-electron chi connectivity index (χ2n) is 5.93. The number of benzene rings is 2. The van der Waals surface area contributed by atoms with Crippen LogP contribution in [0.2, 0.25) is 0 Å². The van der Waals surface area contributed by atoms with Crippen LogP contribution >= 0.6 is 0 Å². The van der Waals surface area contributed by atoms with Crippen molar-refractivity contribution < 1.29 is 18.7 Å². The molecular formula is C21H20O5. The fourth-order valence-electron chi connectivity index (χ4n) is 2.86. The van der Waals surface area contributed by atoms with Crippen LogP contribution in [0.1, 0.15) is 19.4 Å². The number of carbonyl (C=O) groups is 1. The van der Waals surface area contributed by atoms with Gasteiger partial charge in [0.15, 0.2) is 6.10 Å². The molecule has 3 rings (SSSR count). The third-order valence-corrected chi connectivity index (χ3v) is 4.13. The number of rotatable bonds is 5. The number of aryl methyl sites for hydroxylation is 1. The number of hydrogen-bond acceptors (Lipinski definition) is 5. The Kier molecular flexibility index (Phi) is 5.07. The standard InChI is InChI=1S/C21H20O5/c1-4-24-20(22)14(3)25-16-10-11-17-13(2)19(15-8-6-5-7-9-15)21(23)26-18(17)12-16/h5-12,14H,4H2,1-3H3/t14-/m0/s1. The Morgan fingerprint density at radius 1 is 1.15 bits per heavy atom. The highest BCUT2D eigenvalue weighted by molar-refractivity contribution is 5.87. The van der Waals surface area contributed by atoms with Crippen LogP contribution in [0, 0.1) is 6.92 Å². The van der Waals surface area contributed by atoms with Crippen molar-refractivity contribution in [2.45, 2.75) is 26.9 Å². The van der Waals surface area contributed by atoms with Crippen LogP contribution in [0.3, 0.4) is 0 Å². The maximum atomic E-state index is 12.5. The number of ether oxygens (including phenoxy) is 2. The summed E-state index contributed by atoms with van der Waals surface area (Å²) in [7, 11) is 0. The first kappa shape index (κ1) is 17.7. The predicted octanol–water partition coefficient (Wildman–Crippen LogP) is 4.10. The summed E-state index contributed by atoms with van der Waals surface area (Å²) in [5.41, 5.74) is 2.22. The summed E-state index contributed by atoms with van der Waals surface area (Å²) in [5, 5.41) is 0.819. The van der Waals surface area contributed by atoms with Gasteiger partial charge in [-0.25, -0.2) is 9.59 Å². The third-order valence-electron chi connectivity index (χ3n) is 4.13. The average Bonchev–Trinajstić information content (AvgIpc) is 2.62. The summed E-state index contributed by atoms with van der Waals surface area (Å²) in [6, 6.07) is 14.6. The Bertz CT molecular complexity index is 988. The molecule has 0 N–H and O–H groups in total. The molecule has 1 aromatic heterocycles. The van der Waals surface area contributed by atoms with Crippen LogP contribution < -0.4 is 10.4 Å². The van der Waals surface area contributed by atoms with E-state index >= 15 is 0 Å². The van der Waals surface area contributed by atoms with Crippen molar-refractivity contribution in [2.75, 3.05) is 6.61 Å². The van der Waals surface area contributed by atoms with Crippen LogP contribution in [0.5, 0.6) is 5.75 Å². The zero-order valence-corrected chi connectivity index (χ0v) is 14.9. The molecule has 2 aromatic carbocycles. The van der Waals surface area contributed by atoms with Gasteiger partial charge in [0.05, 0.1) is 12.2 Å². The van der Waals surface area contributed by atoms with Gasteiger partial charge < -0.3 is 13.9 Å². The monoisotopic (exact) mass is 352 g/mol. The molecule has 0 fully saturated rings. The summed E-state index contributed by atoms with van der Waals surface area (Å²) >= 11 is 0. The highest BCUT2D eigenvalue weighted by Crippen LogP contribution is 2.29. The topological polar surface area (TPSA) is 65.7 Å². The molecule has 0 aliphatic heterocycles. The molecule has 26 heavy (non-hydrogen) atoms. The van der Waals surface area contributed by atoms with Crippen LogP contribution in [0.25, 0.3) is 22.1 Å². The minimum atomic E-state index is -0.746. The molecule has 0 radical (unpaired) electrons. The van der Waals surface area contributed by atoms with Crippen molar-refractivity contribution in [1.82, 2.24) is 0 Å². The summed E-state index contributed by atoms with van der Waals surface area (Å²) in [6.07, 6.45) is -0.746. The second-order valence-corrected chi connectivity index (χ2v) is 5.93. The quantitative estimate of drug-likeness (QED) is 0.511. The highest BCUT2D eigenvalue weighted by Gasteiger charge is 2.17. The molecule has 0 saturated heterocycles. The summed E-state index contributed by atoms with van der Waals surface area (Å²) < 4.78 is 16.0. The molecule has 5 nitrogen and oxygen atoms in total. The molecule has 0 aliphatic rings. The normalized spacial score (nSPS) is 12.0. The van der Waals surface area contributed by atoms with Crippen molar-refractivity contribution in [3.05, 3.63) is 64.5 Å². The molecule has 0 bridgehead atoms. The smallest absolute Gasteiger partial charge is 0.347 e. The number of esters is 1. The van der Waals surface area contributed by atoms with Crippen LogP contribution in [0.15, 0.2) is 57.7 Å². The molecule has 1 heterocycles. The minimum Gasteiger partial charge on any atom is -0.479 e. The molecule has 0 saturated carbocycles. The van der Waals surface area contributed by atoms with Gasteiger partial charge in [0, 0.05) is 11.5 Å². The van der Waals surface area contributed by atoms with Crippen molar-refractivity contribution in [3.8, 4) is 16.9 Å². The molecule has 134 valence electrons. The van der Waals surface area contributed by atoms with E-state index < -0.39 is 17.7 Å². The number of fused-ring (bicyclic) bond motifs is 1. The zero-order valence-electron chi connectivity index (χ0n) is 14.9. The molecule has 0 unspecified atom stereocenters. The largest absolute Gasteiger partial charge is 0.479 e. The van der Waals surface area contributed by atoms with Gasteiger partial charge in [0.25, 0.3) is 0 Å². The van der Waals surface area contributed by atoms with Crippen molar-refractivity contribution in [3.63, 3.8) is 0 Å². The fraction of sp³-hybridized carbons (Fsp3) is 0.238. The van der Waals surface area contributed by atoms with Gasteiger partial charge in [-0.2, -0.15) is 0 Å².